The Morgan fingerprint density at radius 3 is 2.52 bits per heavy atom. The number of ether oxygens (including phenoxy) is 1. The maximum absolute atomic E-state index is 12.8. The fourth-order valence-corrected chi connectivity index (χ4v) is 5.87. The second-order valence-corrected chi connectivity index (χ2v) is 9.81. The van der Waals surface area contributed by atoms with E-state index in [1.165, 1.54) is 4.31 Å². The Bertz CT molecular complexity index is 605. The molecule has 0 unspecified atom stereocenters. The molecular formula is C16H28N2O3S2. The van der Waals surface area contributed by atoms with E-state index in [1.54, 1.807) is 31.6 Å². The first-order valence-electron chi connectivity index (χ1n) is 8.09. The molecule has 0 radical (unpaired) electrons. The molecule has 1 aromatic rings. The average molecular weight is 361 g/mol. The molecule has 0 amide bonds. The molecule has 1 aromatic heterocycles. The highest BCUT2D eigenvalue weighted by Crippen LogP contribution is 2.28. The van der Waals surface area contributed by atoms with Crippen molar-refractivity contribution >= 4 is 21.4 Å². The first-order chi connectivity index (χ1) is 10.8. The van der Waals surface area contributed by atoms with Gasteiger partial charge in [-0.15, -0.1) is 11.3 Å². The molecule has 0 N–H and O–H groups in total. The summed E-state index contributed by atoms with van der Waals surface area (Å²) in [6, 6.07) is 1.79. The summed E-state index contributed by atoms with van der Waals surface area (Å²) >= 11 is 1.54. The maximum atomic E-state index is 12.8. The summed E-state index contributed by atoms with van der Waals surface area (Å²) in [6.07, 6.45) is 2.09. The van der Waals surface area contributed by atoms with E-state index in [4.69, 9.17) is 4.74 Å². The van der Waals surface area contributed by atoms with Gasteiger partial charge in [0, 0.05) is 37.0 Å². The van der Waals surface area contributed by atoms with Gasteiger partial charge in [0.1, 0.15) is 0 Å². The van der Waals surface area contributed by atoms with Crippen LogP contribution in [0.2, 0.25) is 0 Å². The maximum Gasteiger partial charge on any atom is 0.243 e. The van der Waals surface area contributed by atoms with Crippen LogP contribution in [0, 0.1) is 19.8 Å². The summed E-state index contributed by atoms with van der Waals surface area (Å²) in [5, 5.41) is 0. The Morgan fingerprint density at radius 1 is 1.35 bits per heavy atom. The van der Waals surface area contributed by atoms with Crippen LogP contribution in [0.4, 0.5) is 0 Å². The van der Waals surface area contributed by atoms with Crippen molar-refractivity contribution in [3.8, 4) is 0 Å². The van der Waals surface area contributed by atoms with Crippen LogP contribution in [0.1, 0.15) is 22.6 Å². The van der Waals surface area contributed by atoms with Crippen LogP contribution >= 0.6 is 11.3 Å². The molecule has 0 atom stereocenters. The zero-order valence-electron chi connectivity index (χ0n) is 14.5. The Balaban J connectivity index is 1.92. The summed E-state index contributed by atoms with van der Waals surface area (Å²) in [5.41, 5.74) is 0. The number of rotatable bonds is 7. The van der Waals surface area contributed by atoms with Gasteiger partial charge in [0.25, 0.3) is 0 Å². The van der Waals surface area contributed by atoms with Crippen LogP contribution in [-0.4, -0.2) is 64.6 Å². The number of likely N-dealkylation sites (tertiary alicyclic amines) is 1. The first-order valence-corrected chi connectivity index (χ1v) is 10.3. The zero-order valence-corrected chi connectivity index (χ0v) is 16.2. The highest BCUT2D eigenvalue weighted by molar-refractivity contribution is 7.89. The lowest BCUT2D eigenvalue weighted by atomic mass is 9.97. The highest BCUT2D eigenvalue weighted by atomic mass is 32.2. The first kappa shape index (κ1) is 18.9. The fourth-order valence-electron chi connectivity index (χ4n) is 3.11. The molecule has 7 heteroatoms. The van der Waals surface area contributed by atoms with Crippen molar-refractivity contribution in [1.82, 2.24) is 9.21 Å². The summed E-state index contributed by atoms with van der Waals surface area (Å²) < 4.78 is 32.2. The zero-order chi connectivity index (χ0) is 17.0. The van der Waals surface area contributed by atoms with Gasteiger partial charge >= 0.3 is 0 Å². The third-order valence-electron chi connectivity index (χ3n) is 4.52. The number of hydrogen-bond acceptors (Lipinski definition) is 5. The van der Waals surface area contributed by atoms with Gasteiger partial charge in [0.15, 0.2) is 0 Å². The smallest absolute Gasteiger partial charge is 0.243 e. The van der Waals surface area contributed by atoms with Gasteiger partial charge in [-0.25, -0.2) is 12.7 Å². The van der Waals surface area contributed by atoms with E-state index in [9.17, 15) is 8.42 Å². The van der Waals surface area contributed by atoms with Gasteiger partial charge in [-0.3, -0.25) is 0 Å². The predicted octanol–water partition coefficient (Wildman–Crippen LogP) is 2.34. The molecule has 1 saturated heterocycles. The fraction of sp³-hybridized carbons (Fsp3) is 0.750. The highest BCUT2D eigenvalue weighted by Gasteiger charge is 2.28. The minimum Gasteiger partial charge on any atom is -0.383 e. The molecule has 2 rings (SSSR count). The van der Waals surface area contributed by atoms with E-state index < -0.39 is 10.0 Å². The number of sulfonamides is 1. The summed E-state index contributed by atoms with van der Waals surface area (Å²) in [6.45, 7) is 8.21. The Kier molecular flexibility index (Phi) is 6.62. The van der Waals surface area contributed by atoms with Gasteiger partial charge in [0.05, 0.1) is 11.5 Å². The lowest BCUT2D eigenvalue weighted by molar-refractivity contribution is 0.116. The molecule has 0 spiro atoms. The van der Waals surface area contributed by atoms with Crippen molar-refractivity contribution in [2.24, 2.45) is 5.92 Å². The van der Waals surface area contributed by atoms with E-state index in [-0.39, 0.29) is 0 Å². The van der Waals surface area contributed by atoms with Gasteiger partial charge in [-0.1, -0.05) is 0 Å². The Morgan fingerprint density at radius 2 is 2.00 bits per heavy atom. The van der Waals surface area contributed by atoms with Crippen LogP contribution < -0.4 is 0 Å². The van der Waals surface area contributed by atoms with Gasteiger partial charge in [0.2, 0.25) is 10.0 Å². The Hall–Kier alpha value is -0.470. The molecular weight excluding hydrogens is 332 g/mol. The minimum absolute atomic E-state index is 0.439. The van der Waals surface area contributed by atoms with E-state index in [0.717, 1.165) is 48.8 Å². The molecule has 0 saturated carbocycles. The monoisotopic (exact) mass is 360 g/mol. The number of thiophene rings is 1. The van der Waals surface area contributed by atoms with Gasteiger partial charge in [-0.2, -0.15) is 0 Å². The minimum atomic E-state index is -3.37. The predicted molar refractivity (Wildman–Crippen MR) is 94.6 cm³/mol. The second kappa shape index (κ2) is 8.07. The lowest BCUT2D eigenvalue weighted by Crippen LogP contribution is -2.40. The number of aryl methyl sites for hydroxylation is 2. The van der Waals surface area contributed by atoms with Crippen LogP contribution in [0.3, 0.4) is 0 Å². The van der Waals surface area contributed by atoms with E-state index in [0.29, 0.717) is 17.4 Å². The molecule has 0 aliphatic carbocycles. The Labute approximate surface area is 144 Å². The third-order valence-corrected chi connectivity index (χ3v) is 7.56. The van der Waals surface area contributed by atoms with Crippen molar-refractivity contribution in [2.75, 3.05) is 46.9 Å². The molecule has 132 valence electrons. The topological polar surface area (TPSA) is 49.9 Å². The molecule has 0 bridgehead atoms. The lowest BCUT2D eigenvalue weighted by Gasteiger charge is -2.33. The molecule has 5 nitrogen and oxygen atoms in total. The van der Waals surface area contributed by atoms with Crippen molar-refractivity contribution < 1.29 is 13.2 Å². The second-order valence-electron chi connectivity index (χ2n) is 6.34. The quantitative estimate of drug-likeness (QED) is 0.749. The van der Waals surface area contributed by atoms with Crippen molar-refractivity contribution in [3.05, 3.63) is 15.8 Å². The molecule has 23 heavy (non-hydrogen) atoms. The molecule has 0 aromatic carbocycles. The molecule has 1 aliphatic rings. The van der Waals surface area contributed by atoms with Crippen LogP contribution in [-0.2, 0) is 14.8 Å². The van der Waals surface area contributed by atoms with Crippen molar-refractivity contribution in [2.45, 2.75) is 31.6 Å². The molecule has 1 aliphatic heterocycles. The van der Waals surface area contributed by atoms with Gasteiger partial charge < -0.3 is 9.64 Å². The van der Waals surface area contributed by atoms with Crippen LogP contribution in [0.5, 0.6) is 0 Å². The normalized spacial score (nSPS) is 18.0. The average Bonchev–Trinajstić information content (AvgIpc) is 2.86. The largest absolute Gasteiger partial charge is 0.383 e. The van der Waals surface area contributed by atoms with E-state index in [1.807, 2.05) is 13.8 Å². The van der Waals surface area contributed by atoms with Crippen LogP contribution in [0.25, 0.3) is 0 Å². The van der Waals surface area contributed by atoms with E-state index in [2.05, 4.69) is 4.90 Å². The number of hydrogen-bond donors (Lipinski definition) is 0. The SMILES string of the molecule is COCCN1CCC(CN(C)S(=O)(=O)c2cc(C)sc2C)CC1. The number of methoxy groups -OCH3 is 1. The summed E-state index contributed by atoms with van der Waals surface area (Å²) in [4.78, 5) is 4.78. The third kappa shape index (κ3) is 4.76. The number of nitrogens with zero attached hydrogens (tertiary/aromatic N) is 2. The summed E-state index contributed by atoms with van der Waals surface area (Å²) in [5.74, 6) is 0.439. The summed E-state index contributed by atoms with van der Waals surface area (Å²) in [7, 11) is 0.0646. The van der Waals surface area contributed by atoms with E-state index >= 15 is 0 Å². The number of piperidine rings is 1. The van der Waals surface area contributed by atoms with Crippen molar-refractivity contribution in [1.29, 1.82) is 0 Å². The van der Waals surface area contributed by atoms with Crippen molar-refractivity contribution in [3.63, 3.8) is 0 Å². The molecule has 2 heterocycles. The molecule has 1 fully saturated rings. The van der Waals surface area contributed by atoms with Crippen LogP contribution in [0.15, 0.2) is 11.0 Å². The van der Waals surface area contributed by atoms with Gasteiger partial charge in [-0.05, 0) is 51.8 Å². The standard InChI is InChI=1S/C16H28N2O3S2/c1-13-11-16(14(2)22-13)23(19,20)17(3)12-15-5-7-18(8-6-15)9-10-21-4/h11,15H,5-10,12H2,1-4H3.